The number of nitrogens with zero attached hydrogens (tertiary/aromatic N) is 2. The highest BCUT2D eigenvalue weighted by Crippen LogP contribution is 2.42. The lowest BCUT2D eigenvalue weighted by Gasteiger charge is -2.39. The second-order valence-corrected chi connectivity index (χ2v) is 18.4. The fraction of sp³-hybridized carbons (Fsp3) is 0.351. The number of benzene rings is 3. The van der Waals surface area contributed by atoms with Gasteiger partial charge in [-0.1, -0.05) is 89.7 Å². The summed E-state index contributed by atoms with van der Waals surface area (Å²) in [7, 11) is -1.87. The monoisotopic (exact) mass is 564 g/mol. The van der Waals surface area contributed by atoms with Gasteiger partial charge < -0.3 is 4.42 Å². The van der Waals surface area contributed by atoms with Gasteiger partial charge in [-0.2, -0.15) is 5.26 Å². The molecule has 0 aliphatic carbocycles. The van der Waals surface area contributed by atoms with E-state index in [9.17, 15) is 5.26 Å². The fourth-order valence-corrected chi connectivity index (χ4v) is 12.9. The number of hydrogen-bond acceptors (Lipinski definition) is 3. The summed E-state index contributed by atoms with van der Waals surface area (Å²) >= 11 is 0. The van der Waals surface area contributed by atoms with Crippen molar-refractivity contribution in [2.24, 2.45) is 10.8 Å². The Balaban J connectivity index is 1.69. The summed E-state index contributed by atoms with van der Waals surface area (Å²) in [4.78, 5) is 4.39. The molecule has 4 heteroatoms. The number of hydrogen-bond donors (Lipinski definition) is 0. The lowest BCUT2D eigenvalue weighted by Crippen LogP contribution is -2.49. The van der Waals surface area contributed by atoms with Crippen molar-refractivity contribution in [2.45, 2.75) is 73.9 Å². The van der Waals surface area contributed by atoms with E-state index in [0.29, 0.717) is 33.6 Å². The number of aromatic nitrogens is 1. The summed E-state index contributed by atoms with van der Waals surface area (Å²) < 4.78 is 54.2. The molecule has 5 aromatic rings. The summed E-state index contributed by atoms with van der Waals surface area (Å²) in [6.45, 7) is 11.1. The fourth-order valence-electron chi connectivity index (χ4n) is 6.69. The van der Waals surface area contributed by atoms with Gasteiger partial charge in [0.1, 0.15) is 11.2 Å². The Labute approximate surface area is 254 Å². The molecule has 0 amide bonds. The zero-order valence-corrected chi connectivity index (χ0v) is 26.1. The molecule has 41 heavy (non-hydrogen) atoms. The number of aryl methyl sites for hydroxylation is 2. The molecule has 3 nitrogen and oxygen atoms in total. The van der Waals surface area contributed by atoms with Gasteiger partial charge >= 0.3 is 0 Å². The number of rotatable bonds is 5. The van der Waals surface area contributed by atoms with Crippen LogP contribution in [-0.4, -0.2) is 13.1 Å². The van der Waals surface area contributed by atoms with Crippen molar-refractivity contribution in [3.05, 3.63) is 83.6 Å². The van der Waals surface area contributed by atoms with E-state index in [0.717, 1.165) is 34.6 Å². The average Bonchev–Trinajstić information content (AvgIpc) is 3.32. The molecule has 3 aromatic carbocycles. The van der Waals surface area contributed by atoms with Crippen LogP contribution in [0, 0.1) is 35.9 Å². The molecule has 0 bridgehead atoms. The molecule has 0 fully saturated rings. The smallest absolute Gasteiger partial charge is 0.144 e. The highest BCUT2D eigenvalue weighted by molar-refractivity contribution is 6.91. The number of nitriles is 1. The van der Waals surface area contributed by atoms with E-state index in [1.165, 1.54) is 11.3 Å². The first-order valence-electron chi connectivity index (χ1n) is 17.1. The third-order valence-electron chi connectivity index (χ3n) is 7.68. The topological polar surface area (TPSA) is 49.8 Å². The molecular weight excluding hydrogens is 517 g/mol. The van der Waals surface area contributed by atoms with Crippen molar-refractivity contribution in [3.8, 4) is 28.5 Å². The van der Waals surface area contributed by atoms with Gasteiger partial charge in [0.2, 0.25) is 0 Å². The van der Waals surface area contributed by atoms with Crippen molar-refractivity contribution in [3.63, 3.8) is 0 Å². The van der Waals surface area contributed by atoms with Gasteiger partial charge in [0.25, 0.3) is 0 Å². The van der Waals surface area contributed by atoms with Crippen LogP contribution in [0.1, 0.15) is 66.5 Å². The van der Waals surface area contributed by atoms with Crippen LogP contribution in [0.15, 0.2) is 71.3 Å². The second kappa shape index (κ2) is 10.3. The largest absolute Gasteiger partial charge is 0.455 e. The van der Waals surface area contributed by atoms with Crippen LogP contribution in [0.25, 0.3) is 44.3 Å². The minimum absolute atomic E-state index is 0.197. The summed E-state index contributed by atoms with van der Waals surface area (Å²) in [5, 5.41) is 13.2. The van der Waals surface area contributed by atoms with E-state index in [4.69, 9.17) is 12.6 Å². The second-order valence-electron chi connectivity index (χ2n) is 14.0. The molecule has 210 valence electrons. The molecule has 5 rings (SSSR count). The van der Waals surface area contributed by atoms with E-state index in [1.807, 2.05) is 18.2 Å². The maximum Gasteiger partial charge on any atom is 0.144 e. The van der Waals surface area contributed by atoms with E-state index in [-0.39, 0.29) is 22.0 Å². The number of pyridine rings is 1. The number of fused-ring (bicyclic) bond motifs is 3. The molecule has 2 heterocycles. The Kier molecular flexibility index (Phi) is 5.52. The van der Waals surface area contributed by atoms with E-state index in [2.05, 4.69) is 83.4 Å². The third kappa shape index (κ3) is 5.74. The molecule has 0 radical (unpaired) electrons. The molecule has 0 atom stereocenters. The van der Waals surface area contributed by atoms with Crippen LogP contribution in [-0.2, 0) is 0 Å². The van der Waals surface area contributed by atoms with E-state index < -0.39 is 21.8 Å². The van der Waals surface area contributed by atoms with Crippen LogP contribution in [0.5, 0.6) is 0 Å². The Morgan fingerprint density at radius 3 is 2.12 bits per heavy atom. The Hall–Kier alpha value is -3.68. The summed E-state index contributed by atoms with van der Waals surface area (Å²) in [5.41, 5.74) is 3.75. The first-order chi connectivity index (χ1) is 21.6. The van der Waals surface area contributed by atoms with Crippen molar-refractivity contribution in [1.82, 2.24) is 4.98 Å². The highest BCUT2D eigenvalue weighted by atomic mass is 28.3. The van der Waals surface area contributed by atoms with Crippen molar-refractivity contribution in [1.29, 1.82) is 5.26 Å². The van der Waals surface area contributed by atoms with Crippen LogP contribution < -0.4 is 5.19 Å². The molecular formula is C37H42N2OSi. The first-order valence-corrected chi connectivity index (χ1v) is 17.0. The van der Waals surface area contributed by atoms with Gasteiger partial charge in [-0.15, -0.1) is 0 Å². The molecule has 0 unspecified atom stereocenters. The molecule has 0 N–H and O–H groups in total. The van der Waals surface area contributed by atoms with Crippen molar-refractivity contribution < 1.29 is 12.6 Å². The zero-order chi connectivity index (χ0) is 34.7. The van der Waals surface area contributed by atoms with Gasteiger partial charge in [0.05, 0.1) is 25.4 Å². The molecule has 0 aliphatic rings. The molecule has 2 aromatic heterocycles. The number of furan rings is 1. The predicted octanol–water partition coefficient (Wildman–Crippen LogP) is 10.2. The van der Waals surface area contributed by atoms with Crippen LogP contribution in [0.3, 0.4) is 0 Å². The van der Waals surface area contributed by atoms with Crippen LogP contribution >= 0.6 is 0 Å². The maximum atomic E-state index is 10.2. The zero-order valence-electron chi connectivity index (χ0n) is 31.1. The first kappa shape index (κ1) is 22.0. The predicted molar refractivity (Wildman–Crippen MR) is 176 cm³/mol. The Morgan fingerprint density at radius 1 is 0.854 bits per heavy atom. The summed E-state index contributed by atoms with van der Waals surface area (Å²) in [5.74, 6) is 0. The number of para-hydroxylation sites is 1. The lowest BCUT2D eigenvalue weighted by atomic mass is 9.97. The summed E-state index contributed by atoms with van der Waals surface area (Å²) in [6.07, 6.45) is 1.13. The minimum atomic E-state index is -2.65. The van der Waals surface area contributed by atoms with E-state index >= 15 is 0 Å². The SMILES string of the molecule is [2H]C([2H])([2H])c1cnc(-c2cccc3c2oc2c(-c4ccc([Si](C)(CC(C)(C)C)CC(C)(C)C)cc4)c(C#N)ccc23)cc1C([2H])([2H])[2H]. The van der Waals surface area contributed by atoms with Gasteiger partial charge in [-0.05, 0) is 77.6 Å². The maximum absolute atomic E-state index is 10.2. The molecule has 0 saturated heterocycles. The molecule has 0 spiro atoms. The Morgan fingerprint density at radius 2 is 1.51 bits per heavy atom. The lowest BCUT2D eigenvalue weighted by molar-refractivity contribution is 0.436. The standard InChI is InChI=1S/C37H42N2OSi/c1-24-19-32(39-21-25(24)2)31-12-10-11-29-30-18-15-27(20-38)33(35(30)40-34(29)31)26-13-16-28(17-14-26)41(9,22-36(3,4)5)23-37(6,7)8/h10-19,21H,22-23H2,1-9H3/i1D3,2D3. The van der Waals surface area contributed by atoms with Gasteiger partial charge in [0, 0.05) is 36.3 Å². The van der Waals surface area contributed by atoms with Crippen molar-refractivity contribution >= 4 is 35.2 Å². The van der Waals surface area contributed by atoms with Gasteiger partial charge in [-0.3, -0.25) is 4.98 Å². The van der Waals surface area contributed by atoms with Crippen LogP contribution in [0.4, 0.5) is 0 Å². The van der Waals surface area contributed by atoms with Gasteiger partial charge in [-0.25, -0.2) is 0 Å². The Bertz CT molecular complexity index is 1990. The molecule has 0 saturated carbocycles. The third-order valence-corrected chi connectivity index (χ3v) is 13.1. The normalized spacial score (nSPS) is 15.5. The molecule has 0 aliphatic heterocycles. The summed E-state index contributed by atoms with van der Waals surface area (Å²) in [6, 6.07) is 23.9. The average molecular weight is 565 g/mol. The van der Waals surface area contributed by atoms with Crippen molar-refractivity contribution in [2.75, 3.05) is 0 Å². The van der Waals surface area contributed by atoms with Crippen LogP contribution in [0.2, 0.25) is 18.6 Å². The highest BCUT2D eigenvalue weighted by Gasteiger charge is 2.37. The minimum Gasteiger partial charge on any atom is -0.455 e. The quantitative estimate of drug-likeness (QED) is 0.200. The van der Waals surface area contributed by atoms with E-state index in [1.54, 1.807) is 12.1 Å². The van der Waals surface area contributed by atoms with Gasteiger partial charge in [0.15, 0.2) is 0 Å².